The third-order valence-corrected chi connectivity index (χ3v) is 3.65. The number of hydrogen-bond acceptors (Lipinski definition) is 5. The van der Waals surface area contributed by atoms with Crippen molar-refractivity contribution in [1.82, 2.24) is 0 Å². The van der Waals surface area contributed by atoms with Gasteiger partial charge in [-0.05, 0) is 56.9 Å². The van der Waals surface area contributed by atoms with Crippen LogP contribution in [0.2, 0.25) is 0 Å². The predicted molar refractivity (Wildman–Crippen MR) is 98.9 cm³/mol. The molecular formula is C19H27FN2O5. The Hall–Kier alpha value is -2.48. The van der Waals surface area contributed by atoms with Crippen LogP contribution in [0.1, 0.15) is 38.3 Å². The van der Waals surface area contributed by atoms with E-state index in [4.69, 9.17) is 10.5 Å². The number of methoxy groups -OCH3 is 1. The van der Waals surface area contributed by atoms with Crippen molar-refractivity contribution in [3.8, 4) is 0 Å². The summed E-state index contributed by atoms with van der Waals surface area (Å²) >= 11 is 0. The van der Waals surface area contributed by atoms with E-state index < -0.39 is 11.7 Å². The van der Waals surface area contributed by atoms with Crippen molar-refractivity contribution in [2.24, 2.45) is 11.7 Å². The third-order valence-electron chi connectivity index (χ3n) is 3.65. The molecular weight excluding hydrogens is 355 g/mol. The van der Waals surface area contributed by atoms with Crippen molar-refractivity contribution >= 4 is 24.0 Å². The molecule has 0 saturated heterocycles. The zero-order chi connectivity index (χ0) is 20.6. The van der Waals surface area contributed by atoms with Crippen LogP contribution in [0.5, 0.6) is 0 Å². The average Bonchev–Trinajstić information content (AvgIpc) is 2.95. The fraction of sp³-hybridized carbons (Fsp3) is 0.526. The summed E-state index contributed by atoms with van der Waals surface area (Å²) in [5, 5.41) is 2.63. The van der Waals surface area contributed by atoms with E-state index in [2.05, 4.69) is 10.1 Å². The molecule has 1 aliphatic carbocycles. The SMILES string of the molecule is CC(C)(C)OC(N)=O.COCCC(=O)Nc1cc(F)c2c(c1)CC(C=O)C2. The molecule has 27 heavy (non-hydrogen) atoms. The van der Waals surface area contributed by atoms with Crippen molar-refractivity contribution in [3.63, 3.8) is 0 Å². The Morgan fingerprint density at radius 3 is 2.48 bits per heavy atom. The molecule has 0 radical (unpaired) electrons. The van der Waals surface area contributed by atoms with Crippen LogP contribution in [0.3, 0.4) is 0 Å². The molecule has 8 heteroatoms. The molecule has 150 valence electrons. The van der Waals surface area contributed by atoms with Crippen LogP contribution >= 0.6 is 0 Å². The Bertz CT molecular complexity index is 685. The van der Waals surface area contributed by atoms with Gasteiger partial charge in [-0.25, -0.2) is 9.18 Å². The van der Waals surface area contributed by atoms with Crippen LogP contribution in [0.25, 0.3) is 0 Å². The zero-order valence-corrected chi connectivity index (χ0v) is 16.1. The number of nitrogens with one attached hydrogen (secondary N) is 1. The number of rotatable bonds is 5. The van der Waals surface area contributed by atoms with Gasteiger partial charge in [-0.15, -0.1) is 0 Å². The summed E-state index contributed by atoms with van der Waals surface area (Å²) in [7, 11) is 1.52. The summed E-state index contributed by atoms with van der Waals surface area (Å²) in [6, 6.07) is 3.04. The van der Waals surface area contributed by atoms with Gasteiger partial charge in [-0.2, -0.15) is 0 Å². The van der Waals surface area contributed by atoms with Gasteiger partial charge in [0.2, 0.25) is 5.91 Å². The Labute approximate surface area is 158 Å². The summed E-state index contributed by atoms with van der Waals surface area (Å²) in [6.07, 6.45) is 1.35. The van der Waals surface area contributed by atoms with Crippen LogP contribution in [-0.2, 0) is 31.9 Å². The number of halogens is 1. The molecule has 0 bridgehead atoms. The summed E-state index contributed by atoms with van der Waals surface area (Å²) in [4.78, 5) is 32.3. The van der Waals surface area contributed by atoms with E-state index in [1.807, 2.05) is 0 Å². The fourth-order valence-electron chi connectivity index (χ4n) is 2.61. The first kappa shape index (κ1) is 22.6. The van der Waals surface area contributed by atoms with Gasteiger partial charge in [0, 0.05) is 18.7 Å². The molecule has 0 heterocycles. The molecule has 3 N–H and O–H groups in total. The highest BCUT2D eigenvalue weighted by Gasteiger charge is 2.24. The number of benzene rings is 1. The predicted octanol–water partition coefficient (Wildman–Crippen LogP) is 2.59. The minimum Gasteiger partial charge on any atom is -0.444 e. The quantitative estimate of drug-likeness (QED) is 0.761. The largest absolute Gasteiger partial charge is 0.444 e. The van der Waals surface area contributed by atoms with E-state index >= 15 is 0 Å². The molecule has 1 aliphatic rings. The third kappa shape index (κ3) is 8.17. The zero-order valence-electron chi connectivity index (χ0n) is 16.1. The van der Waals surface area contributed by atoms with Crippen LogP contribution < -0.4 is 11.1 Å². The number of ether oxygens (including phenoxy) is 2. The van der Waals surface area contributed by atoms with Crippen molar-refractivity contribution in [2.45, 2.75) is 45.6 Å². The first-order chi connectivity index (χ1) is 12.6. The van der Waals surface area contributed by atoms with Crippen molar-refractivity contribution < 1.29 is 28.2 Å². The van der Waals surface area contributed by atoms with Gasteiger partial charge in [0.05, 0.1) is 13.0 Å². The van der Waals surface area contributed by atoms with Crippen molar-refractivity contribution in [2.75, 3.05) is 19.0 Å². The lowest BCUT2D eigenvalue weighted by atomic mass is 10.1. The van der Waals surface area contributed by atoms with Gasteiger partial charge >= 0.3 is 6.09 Å². The van der Waals surface area contributed by atoms with Gasteiger partial charge in [0.25, 0.3) is 0 Å². The monoisotopic (exact) mass is 382 g/mol. The summed E-state index contributed by atoms with van der Waals surface area (Å²) in [5.41, 5.74) is 6.09. The first-order valence-electron chi connectivity index (χ1n) is 8.59. The maximum absolute atomic E-state index is 13.9. The molecule has 7 nitrogen and oxygen atoms in total. The van der Waals surface area contributed by atoms with Gasteiger partial charge in [-0.1, -0.05) is 0 Å². The number of anilines is 1. The molecule has 1 atom stereocenters. The normalized spacial score (nSPS) is 15.2. The number of nitrogens with two attached hydrogens (primary N) is 1. The van der Waals surface area contributed by atoms with Gasteiger partial charge < -0.3 is 25.3 Å². The Balaban J connectivity index is 0.000000387. The topological polar surface area (TPSA) is 108 Å². The van der Waals surface area contributed by atoms with Crippen LogP contribution in [-0.4, -0.2) is 37.6 Å². The molecule has 1 aromatic rings. The van der Waals surface area contributed by atoms with Crippen LogP contribution in [0.15, 0.2) is 12.1 Å². The van der Waals surface area contributed by atoms with Crippen molar-refractivity contribution in [3.05, 3.63) is 29.1 Å². The molecule has 2 rings (SSSR count). The summed E-state index contributed by atoms with van der Waals surface area (Å²) < 4.78 is 23.3. The van der Waals surface area contributed by atoms with Crippen LogP contribution in [0.4, 0.5) is 14.9 Å². The summed E-state index contributed by atoms with van der Waals surface area (Å²) in [6.45, 7) is 5.61. The van der Waals surface area contributed by atoms with Gasteiger partial charge in [0.15, 0.2) is 0 Å². The molecule has 0 aromatic heterocycles. The minimum atomic E-state index is -0.725. The molecule has 2 amide bonds. The second kappa shape index (κ2) is 10.0. The molecule has 0 saturated carbocycles. The number of amides is 2. The lowest BCUT2D eigenvalue weighted by molar-refractivity contribution is -0.117. The second-order valence-corrected chi connectivity index (χ2v) is 7.22. The maximum Gasteiger partial charge on any atom is 0.405 e. The van der Waals surface area contributed by atoms with Crippen LogP contribution in [0, 0.1) is 11.7 Å². The smallest absolute Gasteiger partial charge is 0.405 e. The fourth-order valence-corrected chi connectivity index (χ4v) is 2.61. The lowest BCUT2D eigenvalue weighted by Gasteiger charge is -2.16. The Kier molecular flexibility index (Phi) is 8.36. The molecule has 1 unspecified atom stereocenters. The number of fused-ring (bicyclic) bond motifs is 1. The minimum absolute atomic E-state index is 0.149. The number of carbonyl (C=O) groups excluding carboxylic acids is 3. The number of carbonyl (C=O) groups is 3. The molecule has 0 spiro atoms. The van der Waals surface area contributed by atoms with E-state index in [9.17, 15) is 18.8 Å². The first-order valence-corrected chi connectivity index (χ1v) is 8.59. The second-order valence-electron chi connectivity index (χ2n) is 7.22. The highest BCUT2D eigenvalue weighted by molar-refractivity contribution is 5.91. The van der Waals surface area contributed by atoms with E-state index in [0.29, 0.717) is 30.7 Å². The summed E-state index contributed by atoms with van der Waals surface area (Å²) in [5.74, 6) is -0.723. The maximum atomic E-state index is 13.9. The lowest BCUT2D eigenvalue weighted by Crippen LogP contribution is -2.27. The van der Waals surface area contributed by atoms with Crippen molar-refractivity contribution in [1.29, 1.82) is 0 Å². The highest BCUT2D eigenvalue weighted by atomic mass is 19.1. The molecule has 1 aromatic carbocycles. The Morgan fingerprint density at radius 2 is 2.00 bits per heavy atom. The highest BCUT2D eigenvalue weighted by Crippen LogP contribution is 2.30. The van der Waals surface area contributed by atoms with Gasteiger partial charge in [0.1, 0.15) is 17.7 Å². The number of hydrogen-bond donors (Lipinski definition) is 2. The molecule has 0 fully saturated rings. The molecule has 0 aliphatic heterocycles. The average molecular weight is 382 g/mol. The van der Waals surface area contributed by atoms with Gasteiger partial charge in [-0.3, -0.25) is 4.79 Å². The van der Waals surface area contributed by atoms with E-state index in [0.717, 1.165) is 11.8 Å². The standard InChI is InChI=1S/C14H16FNO3.C5H11NO2/c1-19-3-2-14(18)16-11-6-10-4-9(8-17)5-12(10)13(15)7-11;1-5(2,3)8-4(6)7/h6-9H,2-5H2,1H3,(H,16,18);1-3H3,(H2,6,7). The number of aldehydes is 1. The van der Waals surface area contributed by atoms with E-state index in [1.165, 1.54) is 13.2 Å². The number of primary amides is 1. The van der Waals surface area contributed by atoms with E-state index in [-0.39, 0.29) is 24.1 Å². The Morgan fingerprint density at radius 1 is 1.33 bits per heavy atom. The van der Waals surface area contributed by atoms with E-state index in [1.54, 1.807) is 26.8 Å².